The highest BCUT2D eigenvalue weighted by Gasteiger charge is 2.20. The minimum atomic E-state index is 0.200. The topological polar surface area (TPSA) is 62.2 Å². The molecule has 1 fully saturated rings. The second-order valence-corrected chi connectivity index (χ2v) is 6.21. The minimum Gasteiger partial charge on any atom is -0.341 e. The highest BCUT2D eigenvalue weighted by atomic mass is 35.5. The number of anilines is 1. The predicted octanol–water partition coefficient (Wildman–Crippen LogP) is 2.20. The molecule has 1 aliphatic rings. The zero-order valence-corrected chi connectivity index (χ0v) is 14.2. The molecule has 1 aliphatic heterocycles. The first-order chi connectivity index (χ1) is 11.7. The van der Waals surface area contributed by atoms with Crippen molar-refractivity contribution >= 4 is 23.5 Å². The van der Waals surface area contributed by atoms with Crippen LogP contribution in [0.25, 0.3) is 0 Å². The number of carbonyl (C=O) groups is 1. The Morgan fingerprint density at radius 1 is 1.08 bits per heavy atom. The number of hydrogen-bond donors (Lipinski definition) is 0. The van der Waals surface area contributed by atoms with Gasteiger partial charge in [-0.05, 0) is 30.5 Å². The third-order valence-electron chi connectivity index (χ3n) is 4.12. The van der Waals surface area contributed by atoms with Crippen molar-refractivity contribution < 1.29 is 4.79 Å². The Bertz CT molecular complexity index is 664. The molecule has 0 aromatic carbocycles. The molecule has 126 valence electrons. The summed E-state index contributed by atoms with van der Waals surface area (Å²) >= 11 is 5.83. The summed E-state index contributed by atoms with van der Waals surface area (Å²) in [5.74, 6) is 0.871. The van der Waals surface area contributed by atoms with Crippen LogP contribution in [0.4, 0.5) is 5.95 Å². The van der Waals surface area contributed by atoms with Gasteiger partial charge in [0, 0.05) is 45.0 Å². The molecule has 0 unspecified atom stereocenters. The molecule has 0 spiro atoms. The average Bonchev–Trinajstić information content (AvgIpc) is 2.87. The van der Waals surface area contributed by atoms with Gasteiger partial charge in [-0.15, -0.1) is 0 Å². The lowest BCUT2D eigenvalue weighted by Gasteiger charge is -2.22. The summed E-state index contributed by atoms with van der Waals surface area (Å²) in [5.41, 5.74) is 1.14. The Balaban J connectivity index is 1.53. The molecule has 2 aromatic rings. The molecule has 6 nitrogen and oxygen atoms in total. The number of carbonyl (C=O) groups excluding carboxylic acids is 1. The van der Waals surface area contributed by atoms with E-state index in [-0.39, 0.29) is 5.91 Å². The number of halogens is 1. The molecule has 0 aliphatic carbocycles. The van der Waals surface area contributed by atoms with E-state index in [9.17, 15) is 4.79 Å². The fraction of sp³-hybridized carbons (Fsp3) is 0.412. The first kappa shape index (κ1) is 16.6. The number of amides is 1. The summed E-state index contributed by atoms with van der Waals surface area (Å²) in [6.07, 6.45) is 8.92. The van der Waals surface area contributed by atoms with Crippen LogP contribution in [0.15, 0.2) is 36.9 Å². The van der Waals surface area contributed by atoms with Crippen LogP contribution in [-0.2, 0) is 11.2 Å². The van der Waals surface area contributed by atoms with Crippen molar-refractivity contribution in [3.8, 4) is 0 Å². The largest absolute Gasteiger partial charge is 0.341 e. The molecule has 0 bridgehead atoms. The van der Waals surface area contributed by atoms with E-state index in [1.807, 2.05) is 17.0 Å². The van der Waals surface area contributed by atoms with Gasteiger partial charge >= 0.3 is 0 Å². The second-order valence-electron chi connectivity index (χ2n) is 5.78. The molecule has 3 rings (SSSR count). The molecular formula is C17H20ClN5O. The first-order valence-electron chi connectivity index (χ1n) is 8.11. The van der Waals surface area contributed by atoms with Gasteiger partial charge in [-0.2, -0.15) is 0 Å². The molecule has 3 heterocycles. The van der Waals surface area contributed by atoms with Gasteiger partial charge < -0.3 is 9.80 Å². The first-order valence-corrected chi connectivity index (χ1v) is 8.49. The second kappa shape index (κ2) is 8.06. The summed E-state index contributed by atoms with van der Waals surface area (Å²) in [5, 5.41) is 0.529. The van der Waals surface area contributed by atoms with Crippen molar-refractivity contribution in [1.29, 1.82) is 0 Å². The van der Waals surface area contributed by atoms with Crippen molar-refractivity contribution in [2.24, 2.45) is 0 Å². The van der Waals surface area contributed by atoms with Crippen LogP contribution in [0, 0.1) is 0 Å². The van der Waals surface area contributed by atoms with Crippen LogP contribution >= 0.6 is 11.6 Å². The maximum Gasteiger partial charge on any atom is 0.225 e. The van der Waals surface area contributed by atoms with E-state index < -0.39 is 0 Å². The maximum atomic E-state index is 12.5. The summed E-state index contributed by atoms with van der Waals surface area (Å²) in [7, 11) is 0. The average molecular weight is 346 g/mol. The number of pyridine rings is 1. The van der Waals surface area contributed by atoms with Gasteiger partial charge in [0.1, 0.15) is 0 Å². The van der Waals surface area contributed by atoms with Gasteiger partial charge in [-0.3, -0.25) is 9.78 Å². The lowest BCUT2D eigenvalue weighted by Crippen LogP contribution is -2.35. The molecule has 0 saturated carbocycles. The minimum absolute atomic E-state index is 0.200. The van der Waals surface area contributed by atoms with Gasteiger partial charge in [0.05, 0.1) is 17.4 Å². The number of rotatable bonds is 4. The summed E-state index contributed by atoms with van der Waals surface area (Å²) in [6, 6.07) is 3.91. The lowest BCUT2D eigenvalue weighted by atomic mass is 10.1. The Labute approximate surface area is 146 Å². The van der Waals surface area contributed by atoms with Crippen molar-refractivity contribution in [2.45, 2.75) is 19.3 Å². The highest BCUT2D eigenvalue weighted by molar-refractivity contribution is 6.30. The third-order valence-corrected chi connectivity index (χ3v) is 4.31. The van der Waals surface area contributed by atoms with E-state index in [1.165, 1.54) is 0 Å². The summed E-state index contributed by atoms with van der Waals surface area (Å²) in [6.45, 7) is 3.05. The molecule has 0 radical (unpaired) electrons. The molecule has 2 aromatic heterocycles. The van der Waals surface area contributed by atoms with E-state index in [0.717, 1.165) is 38.0 Å². The van der Waals surface area contributed by atoms with Crippen molar-refractivity contribution in [3.63, 3.8) is 0 Å². The van der Waals surface area contributed by atoms with Crippen molar-refractivity contribution in [3.05, 3.63) is 47.5 Å². The van der Waals surface area contributed by atoms with Crippen LogP contribution < -0.4 is 4.90 Å². The summed E-state index contributed by atoms with van der Waals surface area (Å²) < 4.78 is 0. The van der Waals surface area contributed by atoms with Gasteiger partial charge in [0.15, 0.2) is 0 Å². The van der Waals surface area contributed by atoms with Crippen LogP contribution in [0.5, 0.6) is 0 Å². The molecule has 0 atom stereocenters. The maximum absolute atomic E-state index is 12.5. The molecule has 1 saturated heterocycles. The Hall–Kier alpha value is -2.21. The van der Waals surface area contributed by atoms with E-state index in [1.54, 1.807) is 24.8 Å². The molecule has 1 amide bonds. The van der Waals surface area contributed by atoms with Gasteiger partial charge in [-0.25, -0.2) is 9.97 Å². The van der Waals surface area contributed by atoms with Gasteiger partial charge in [0.2, 0.25) is 11.9 Å². The Morgan fingerprint density at radius 3 is 2.58 bits per heavy atom. The van der Waals surface area contributed by atoms with E-state index in [2.05, 4.69) is 19.9 Å². The van der Waals surface area contributed by atoms with Crippen LogP contribution in [0.3, 0.4) is 0 Å². The molecule has 24 heavy (non-hydrogen) atoms. The quantitative estimate of drug-likeness (QED) is 0.850. The number of aryl methyl sites for hydroxylation is 1. The number of hydrogen-bond acceptors (Lipinski definition) is 5. The highest BCUT2D eigenvalue weighted by Crippen LogP contribution is 2.14. The fourth-order valence-electron chi connectivity index (χ4n) is 2.79. The standard InChI is InChI=1S/C17H20ClN5O/c18-15-12-20-17(21-13-15)23-9-1-8-22(10-11-23)16(24)3-2-14-4-6-19-7-5-14/h4-7,12-13H,1-3,8-11H2. The van der Waals surface area contributed by atoms with Crippen LogP contribution in [0.1, 0.15) is 18.4 Å². The van der Waals surface area contributed by atoms with E-state index in [4.69, 9.17) is 11.6 Å². The van der Waals surface area contributed by atoms with Gasteiger partial charge in [0.25, 0.3) is 0 Å². The molecule has 0 N–H and O–H groups in total. The van der Waals surface area contributed by atoms with Crippen molar-refractivity contribution in [1.82, 2.24) is 19.9 Å². The lowest BCUT2D eigenvalue weighted by molar-refractivity contribution is -0.130. The van der Waals surface area contributed by atoms with Gasteiger partial charge in [-0.1, -0.05) is 11.6 Å². The number of nitrogens with zero attached hydrogens (tertiary/aromatic N) is 5. The monoisotopic (exact) mass is 345 g/mol. The number of aromatic nitrogens is 3. The molecular weight excluding hydrogens is 326 g/mol. The smallest absolute Gasteiger partial charge is 0.225 e. The zero-order chi connectivity index (χ0) is 16.8. The Kier molecular flexibility index (Phi) is 5.59. The predicted molar refractivity (Wildman–Crippen MR) is 93.0 cm³/mol. The fourth-order valence-corrected chi connectivity index (χ4v) is 2.89. The van der Waals surface area contributed by atoms with Crippen molar-refractivity contribution in [2.75, 3.05) is 31.1 Å². The Morgan fingerprint density at radius 2 is 1.83 bits per heavy atom. The summed E-state index contributed by atoms with van der Waals surface area (Å²) in [4.78, 5) is 29.0. The van der Waals surface area contributed by atoms with Crippen LogP contribution in [0.2, 0.25) is 5.02 Å². The van der Waals surface area contributed by atoms with E-state index in [0.29, 0.717) is 23.9 Å². The SMILES string of the molecule is O=C(CCc1ccncc1)N1CCCN(c2ncc(Cl)cn2)CC1. The van der Waals surface area contributed by atoms with Crippen LogP contribution in [-0.4, -0.2) is 51.9 Å². The normalized spacial score (nSPS) is 15.2. The van der Waals surface area contributed by atoms with E-state index >= 15 is 0 Å². The third kappa shape index (κ3) is 4.41. The zero-order valence-electron chi connectivity index (χ0n) is 13.4. The molecule has 7 heteroatoms.